The molecule has 0 bridgehead atoms. The third kappa shape index (κ3) is 3.85. The van der Waals surface area contributed by atoms with Crippen molar-refractivity contribution in [1.29, 1.82) is 0 Å². The van der Waals surface area contributed by atoms with Gasteiger partial charge in [0, 0.05) is 20.2 Å². The monoisotopic (exact) mass is 278 g/mol. The van der Waals surface area contributed by atoms with E-state index in [1.165, 1.54) is 17.3 Å². The van der Waals surface area contributed by atoms with Crippen molar-refractivity contribution in [3.05, 3.63) is 12.7 Å². The van der Waals surface area contributed by atoms with Gasteiger partial charge in [-0.15, -0.1) is 0 Å². The minimum absolute atomic E-state index is 0.413. The molecule has 0 saturated carbocycles. The van der Waals surface area contributed by atoms with Gasteiger partial charge in [-0.25, -0.2) is 4.98 Å². The summed E-state index contributed by atoms with van der Waals surface area (Å²) in [5, 5.41) is 10.2. The molecule has 2 rings (SSSR count). The molecule has 0 aliphatic rings. The van der Waals surface area contributed by atoms with Crippen LogP contribution in [-0.2, 0) is 4.74 Å². The highest BCUT2D eigenvalue weighted by atomic mass is 16.5. The highest BCUT2D eigenvalue weighted by Crippen LogP contribution is 2.08. The Morgan fingerprint density at radius 2 is 1.90 bits per heavy atom. The second kappa shape index (κ2) is 7.34. The van der Waals surface area contributed by atoms with Crippen molar-refractivity contribution in [1.82, 2.24) is 29.7 Å². The molecule has 108 valence electrons. The lowest BCUT2D eigenvalue weighted by atomic mass is 10.5. The Balaban J connectivity index is 2.19. The van der Waals surface area contributed by atoms with Crippen LogP contribution in [0.2, 0.25) is 0 Å². The molecular weight excluding hydrogens is 260 g/mol. The molecule has 20 heavy (non-hydrogen) atoms. The van der Waals surface area contributed by atoms with Gasteiger partial charge in [0.25, 0.3) is 5.95 Å². The maximum absolute atomic E-state index is 4.98. The van der Waals surface area contributed by atoms with Gasteiger partial charge in [0.15, 0.2) is 0 Å². The lowest BCUT2D eigenvalue weighted by molar-refractivity contribution is 0.210. The molecule has 0 aromatic carbocycles. The SMILES string of the molecule is CCCNc1nc(NCCOC)nc(-n2cncn2)n1. The summed E-state index contributed by atoms with van der Waals surface area (Å²) < 4.78 is 6.47. The van der Waals surface area contributed by atoms with Crippen LogP contribution in [0.4, 0.5) is 11.9 Å². The average Bonchev–Trinajstić information content (AvgIpc) is 2.99. The number of nitrogens with one attached hydrogen (secondary N) is 2. The topological polar surface area (TPSA) is 103 Å². The van der Waals surface area contributed by atoms with Crippen molar-refractivity contribution < 1.29 is 4.74 Å². The largest absolute Gasteiger partial charge is 0.383 e. The molecule has 0 atom stereocenters. The van der Waals surface area contributed by atoms with Gasteiger partial charge in [0.05, 0.1) is 6.61 Å². The molecule has 0 unspecified atom stereocenters. The predicted octanol–water partition coefficient (Wildman–Crippen LogP) is 0.332. The molecule has 0 amide bonds. The summed E-state index contributed by atoms with van der Waals surface area (Å²) in [6.45, 7) is 4.05. The first-order chi connectivity index (χ1) is 9.83. The molecule has 0 aliphatic heterocycles. The first-order valence-corrected chi connectivity index (χ1v) is 6.41. The van der Waals surface area contributed by atoms with Gasteiger partial charge < -0.3 is 15.4 Å². The maximum Gasteiger partial charge on any atom is 0.258 e. The van der Waals surface area contributed by atoms with Crippen LogP contribution in [0.15, 0.2) is 12.7 Å². The van der Waals surface area contributed by atoms with E-state index in [1.807, 2.05) is 0 Å². The summed E-state index contributed by atoms with van der Waals surface area (Å²) in [4.78, 5) is 16.8. The molecule has 0 saturated heterocycles. The van der Waals surface area contributed by atoms with E-state index in [2.05, 4.69) is 42.6 Å². The molecule has 2 aromatic heterocycles. The summed E-state index contributed by atoms with van der Waals surface area (Å²) in [5.74, 6) is 1.39. The first-order valence-electron chi connectivity index (χ1n) is 6.41. The highest BCUT2D eigenvalue weighted by molar-refractivity contribution is 5.37. The fraction of sp³-hybridized carbons (Fsp3) is 0.545. The van der Waals surface area contributed by atoms with E-state index >= 15 is 0 Å². The molecule has 0 fully saturated rings. The molecule has 2 heterocycles. The van der Waals surface area contributed by atoms with Crippen LogP contribution in [-0.4, -0.2) is 56.5 Å². The zero-order valence-corrected chi connectivity index (χ0v) is 11.6. The number of hydrogen-bond donors (Lipinski definition) is 2. The van der Waals surface area contributed by atoms with Gasteiger partial charge in [-0.05, 0) is 6.42 Å². The second-order valence-electron chi connectivity index (χ2n) is 3.97. The summed E-state index contributed by atoms with van der Waals surface area (Å²) in [7, 11) is 1.64. The van der Waals surface area contributed by atoms with Gasteiger partial charge in [0.1, 0.15) is 12.7 Å². The standard InChI is InChI=1S/C11H18N8O/c1-3-4-13-9-16-10(14-5-6-20-2)18-11(17-9)19-8-12-7-15-19/h7-8H,3-6H2,1-2H3,(H2,13,14,16,17,18). The number of methoxy groups -OCH3 is 1. The third-order valence-electron chi connectivity index (χ3n) is 2.37. The van der Waals surface area contributed by atoms with Gasteiger partial charge in [-0.2, -0.15) is 24.7 Å². The summed E-state index contributed by atoms with van der Waals surface area (Å²) >= 11 is 0. The minimum atomic E-state index is 0.413. The Hall–Kier alpha value is -2.29. The van der Waals surface area contributed by atoms with Crippen LogP contribution in [0, 0.1) is 0 Å². The van der Waals surface area contributed by atoms with Crippen LogP contribution in [0.1, 0.15) is 13.3 Å². The van der Waals surface area contributed by atoms with E-state index in [4.69, 9.17) is 4.74 Å². The number of nitrogens with zero attached hydrogens (tertiary/aromatic N) is 6. The normalized spacial score (nSPS) is 10.5. The molecule has 2 aromatic rings. The van der Waals surface area contributed by atoms with Crippen molar-refractivity contribution in [2.75, 3.05) is 37.4 Å². The summed E-state index contributed by atoms with van der Waals surface area (Å²) in [6, 6.07) is 0. The minimum Gasteiger partial charge on any atom is -0.383 e. The van der Waals surface area contributed by atoms with Gasteiger partial charge >= 0.3 is 0 Å². The van der Waals surface area contributed by atoms with Crippen molar-refractivity contribution in [2.45, 2.75) is 13.3 Å². The fourth-order valence-electron chi connectivity index (χ4n) is 1.44. The van der Waals surface area contributed by atoms with Crippen LogP contribution in [0.5, 0.6) is 0 Å². The molecule has 0 aliphatic carbocycles. The zero-order valence-electron chi connectivity index (χ0n) is 11.6. The Kier molecular flexibility index (Phi) is 5.18. The van der Waals surface area contributed by atoms with E-state index in [0.717, 1.165) is 13.0 Å². The van der Waals surface area contributed by atoms with E-state index in [0.29, 0.717) is 31.0 Å². The van der Waals surface area contributed by atoms with Crippen LogP contribution >= 0.6 is 0 Å². The molecule has 9 heteroatoms. The van der Waals surface area contributed by atoms with Crippen molar-refractivity contribution in [2.24, 2.45) is 0 Å². The number of anilines is 2. The molecule has 0 spiro atoms. The Labute approximate surface area is 116 Å². The molecule has 9 nitrogen and oxygen atoms in total. The maximum atomic E-state index is 4.98. The van der Waals surface area contributed by atoms with E-state index in [9.17, 15) is 0 Å². The average molecular weight is 278 g/mol. The van der Waals surface area contributed by atoms with Gasteiger partial charge in [0.2, 0.25) is 11.9 Å². The smallest absolute Gasteiger partial charge is 0.258 e. The molecule has 0 radical (unpaired) electrons. The number of aromatic nitrogens is 6. The first kappa shape index (κ1) is 14.1. The van der Waals surface area contributed by atoms with Crippen LogP contribution in [0.25, 0.3) is 5.95 Å². The molecular formula is C11H18N8O. The Morgan fingerprint density at radius 3 is 2.50 bits per heavy atom. The van der Waals surface area contributed by atoms with E-state index in [1.54, 1.807) is 7.11 Å². The second-order valence-corrected chi connectivity index (χ2v) is 3.97. The van der Waals surface area contributed by atoms with Crippen LogP contribution in [0.3, 0.4) is 0 Å². The van der Waals surface area contributed by atoms with Gasteiger partial charge in [-0.1, -0.05) is 6.92 Å². The Bertz CT molecular complexity index is 515. The van der Waals surface area contributed by atoms with Crippen molar-refractivity contribution >= 4 is 11.9 Å². The van der Waals surface area contributed by atoms with Crippen LogP contribution < -0.4 is 10.6 Å². The molecule has 2 N–H and O–H groups in total. The number of ether oxygens (including phenoxy) is 1. The highest BCUT2D eigenvalue weighted by Gasteiger charge is 2.08. The lowest BCUT2D eigenvalue weighted by Crippen LogP contribution is -2.15. The van der Waals surface area contributed by atoms with E-state index < -0.39 is 0 Å². The number of rotatable bonds is 8. The predicted molar refractivity (Wildman–Crippen MR) is 73.9 cm³/mol. The fourth-order valence-corrected chi connectivity index (χ4v) is 1.44. The summed E-state index contributed by atoms with van der Waals surface area (Å²) in [6.07, 6.45) is 3.95. The summed E-state index contributed by atoms with van der Waals surface area (Å²) in [5.41, 5.74) is 0. The van der Waals surface area contributed by atoms with Crippen molar-refractivity contribution in [3.8, 4) is 5.95 Å². The lowest BCUT2D eigenvalue weighted by Gasteiger charge is -2.09. The zero-order chi connectivity index (χ0) is 14.2. The quantitative estimate of drug-likeness (QED) is 0.666. The Morgan fingerprint density at radius 1 is 1.15 bits per heavy atom. The third-order valence-corrected chi connectivity index (χ3v) is 2.37. The van der Waals surface area contributed by atoms with Crippen molar-refractivity contribution in [3.63, 3.8) is 0 Å². The number of hydrogen-bond acceptors (Lipinski definition) is 8. The van der Waals surface area contributed by atoms with E-state index in [-0.39, 0.29) is 0 Å². The van der Waals surface area contributed by atoms with Gasteiger partial charge in [-0.3, -0.25) is 0 Å².